The predicted octanol–water partition coefficient (Wildman–Crippen LogP) is 2.32. The number of carbonyl (C=O) groups is 1. The Morgan fingerprint density at radius 3 is 3.00 bits per heavy atom. The van der Waals surface area contributed by atoms with Crippen LogP contribution in [0.15, 0.2) is 16.8 Å². The summed E-state index contributed by atoms with van der Waals surface area (Å²) in [5, 5.41) is 7.61. The molecule has 2 unspecified atom stereocenters. The van der Waals surface area contributed by atoms with Gasteiger partial charge in [0.1, 0.15) is 6.17 Å². The topological polar surface area (TPSA) is 32.3 Å². The highest BCUT2D eigenvalue weighted by Crippen LogP contribution is 2.27. The van der Waals surface area contributed by atoms with E-state index in [-0.39, 0.29) is 18.1 Å². The molecule has 2 heterocycles. The highest BCUT2D eigenvalue weighted by Gasteiger charge is 2.38. The van der Waals surface area contributed by atoms with E-state index >= 15 is 0 Å². The van der Waals surface area contributed by atoms with Gasteiger partial charge in [-0.05, 0) is 35.1 Å². The Kier molecular flexibility index (Phi) is 4.48. The number of carbonyl (C=O) groups excluding carboxylic acids is 1. The van der Waals surface area contributed by atoms with Gasteiger partial charge in [-0.1, -0.05) is 6.92 Å². The van der Waals surface area contributed by atoms with E-state index < -0.39 is 0 Å². The van der Waals surface area contributed by atoms with Crippen LogP contribution in [0.25, 0.3) is 0 Å². The second-order valence-corrected chi connectivity index (χ2v) is 5.88. The van der Waals surface area contributed by atoms with Gasteiger partial charge >= 0.3 is 0 Å². The molecule has 0 saturated carbocycles. The lowest BCUT2D eigenvalue weighted by Crippen LogP contribution is -2.32. The molecule has 1 aliphatic heterocycles. The van der Waals surface area contributed by atoms with Gasteiger partial charge in [-0.3, -0.25) is 10.1 Å². The largest absolute Gasteiger partial charge is 0.321 e. The van der Waals surface area contributed by atoms with E-state index in [4.69, 9.17) is 0 Å². The van der Waals surface area contributed by atoms with E-state index in [9.17, 15) is 4.79 Å². The summed E-state index contributed by atoms with van der Waals surface area (Å²) in [5.41, 5.74) is 1.21. The predicted molar refractivity (Wildman–Crippen MR) is 74.4 cm³/mol. The molecule has 1 aromatic rings. The minimum absolute atomic E-state index is 0.0123. The summed E-state index contributed by atoms with van der Waals surface area (Å²) in [6.07, 6.45) is 3.01. The van der Waals surface area contributed by atoms with Crippen LogP contribution < -0.4 is 5.32 Å². The molecule has 1 fully saturated rings. The Bertz CT molecular complexity index is 367. The fraction of sp³-hybridized carbons (Fsp3) is 0.583. The molecule has 0 aromatic carbocycles. The van der Waals surface area contributed by atoms with Gasteiger partial charge in [-0.15, -0.1) is 0 Å². The third-order valence-electron chi connectivity index (χ3n) is 3.06. The number of thioether (sulfide) groups is 1. The van der Waals surface area contributed by atoms with Crippen LogP contribution in [-0.2, 0) is 4.79 Å². The number of thiophene rings is 1. The first-order chi connectivity index (χ1) is 8.27. The van der Waals surface area contributed by atoms with Crippen LogP contribution in [0.3, 0.4) is 0 Å². The van der Waals surface area contributed by atoms with E-state index in [2.05, 4.69) is 35.3 Å². The van der Waals surface area contributed by atoms with Crippen LogP contribution in [0.4, 0.5) is 0 Å². The molecular formula is C12H18N2OS2. The summed E-state index contributed by atoms with van der Waals surface area (Å²) in [4.78, 5) is 14.2. The maximum absolute atomic E-state index is 12.2. The molecule has 1 N–H and O–H groups in total. The van der Waals surface area contributed by atoms with Crippen molar-refractivity contribution in [2.24, 2.45) is 0 Å². The van der Waals surface area contributed by atoms with E-state index in [1.807, 2.05) is 4.90 Å². The Morgan fingerprint density at radius 1 is 1.59 bits per heavy atom. The lowest BCUT2D eigenvalue weighted by atomic mass is 10.2. The number of nitrogens with one attached hydrogen (secondary N) is 1. The molecule has 0 bridgehead atoms. The number of nitrogens with zero attached hydrogens (tertiary/aromatic N) is 1. The van der Waals surface area contributed by atoms with Gasteiger partial charge in [0.15, 0.2) is 0 Å². The first-order valence-electron chi connectivity index (χ1n) is 5.85. The molecule has 1 aromatic heterocycles. The Labute approximate surface area is 111 Å². The zero-order chi connectivity index (χ0) is 12.3. The quantitative estimate of drug-likeness (QED) is 0.891. The normalized spacial score (nSPS) is 24.6. The monoisotopic (exact) mass is 270 g/mol. The average molecular weight is 270 g/mol. The molecule has 3 nitrogen and oxygen atoms in total. The molecule has 17 heavy (non-hydrogen) atoms. The summed E-state index contributed by atoms with van der Waals surface area (Å²) in [6, 6.07) is 2.08. The fourth-order valence-corrected chi connectivity index (χ4v) is 3.17. The second kappa shape index (κ2) is 5.89. The number of rotatable bonds is 5. The maximum atomic E-state index is 12.2. The number of amides is 1. The van der Waals surface area contributed by atoms with E-state index in [0.29, 0.717) is 0 Å². The minimum Gasteiger partial charge on any atom is -0.321 e. The van der Waals surface area contributed by atoms with Gasteiger partial charge in [0, 0.05) is 12.3 Å². The molecule has 1 aliphatic rings. The Hall–Kier alpha value is -0.520. The molecule has 0 spiro atoms. The Morgan fingerprint density at radius 2 is 2.41 bits per heavy atom. The van der Waals surface area contributed by atoms with Crippen LogP contribution >= 0.6 is 23.1 Å². The summed E-state index contributed by atoms with van der Waals surface area (Å²) in [5.74, 6) is 1.24. The highest BCUT2D eigenvalue weighted by molar-refractivity contribution is 7.98. The number of hydrogen-bond acceptors (Lipinski definition) is 4. The van der Waals surface area contributed by atoms with Gasteiger partial charge in [0.2, 0.25) is 5.91 Å². The molecule has 1 amide bonds. The minimum atomic E-state index is -0.0123. The second-order valence-electron chi connectivity index (χ2n) is 4.11. The fourth-order valence-electron chi connectivity index (χ4n) is 2.11. The van der Waals surface area contributed by atoms with Crippen molar-refractivity contribution in [3.63, 3.8) is 0 Å². The zero-order valence-corrected chi connectivity index (χ0v) is 11.8. The van der Waals surface area contributed by atoms with Gasteiger partial charge < -0.3 is 4.90 Å². The van der Waals surface area contributed by atoms with Crippen molar-refractivity contribution in [1.82, 2.24) is 10.2 Å². The lowest BCUT2D eigenvalue weighted by molar-refractivity contribution is -0.129. The van der Waals surface area contributed by atoms with Crippen molar-refractivity contribution in [2.45, 2.75) is 25.6 Å². The lowest BCUT2D eigenvalue weighted by Gasteiger charge is -2.23. The van der Waals surface area contributed by atoms with Crippen molar-refractivity contribution in [3.8, 4) is 0 Å². The summed E-state index contributed by atoms with van der Waals surface area (Å²) in [6.45, 7) is 2.88. The van der Waals surface area contributed by atoms with E-state index in [1.165, 1.54) is 5.56 Å². The van der Waals surface area contributed by atoms with Crippen molar-refractivity contribution in [3.05, 3.63) is 22.4 Å². The molecule has 2 atom stereocenters. The molecule has 0 radical (unpaired) electrons. The number of hydrogen-bond donors (Lipinski definition) is 1. The van der Waals surface area contributed by atoms with Crippen molar-refractivity contribution in [1.29, 1.82) is 0 Å². The van der Waals surface area contributed by atoms with Crippen molar-refractivity contribution >= 4 is 29.0 Å². The molecule has 5 heteroatoms. The first kappa shape index (κ1) is 12.9. The third-order valence-corrected chi connectivity index (χ3v) is 4.35. The molecule has 2 rings (SSSR count). The van der Waals surface area contributed by atoms with Gasteiger partial charge in [-0.25, -0.2) is 0 Å². The molecule has 94 valence electrons. The van der Waals surface area contributed by atoms with Gasteiger partial charge in [0.25, 0.3) is 0 Å². The zero-order valence-electron chi connectivity index (χ0n) is 10.2. The van der Waals surface area contributed by atoms with Crippen LogP contribution in [0.5, 0.6) is 0 Å². The highest BCUT2D eigenvalue weighted by atomic mass is 32.2. The molecular weight excluding hydrogens is 252 g/mol. The smallest absolute Gasteiger partial charge is 0.241 e. The summed E-state index contributed by atoms with van der Waals surface area (Å²) in [7, 11) is 0. The average Bonchev–Trinajstić information content (AvgIpc) is 2.94. The van der Waals surface area contributed by atoms with Crippen molar-refractivity contribution < 1.29 is 4.79 Å². The summed E-state index contributed by atoms with van der Waals surface area (Å²) < 4.78 is 0. The van der Waals surface area contributed by atoms with E-state index in [1.54, 1.807) is 23.1 Å². The van der Waals surface area contributed by atoms with E-state index in [0.717, 1.165) is 18.7 Å². The third kappa shape index (κ3) is 2.67. The SMILES string of the molecule is CCC1NC(c2ccsc2)N(CCSC)C1=O. The summed E-state index contributed by atoms with van der Waals surface area (Å²) >= 11 is 3.46. The van der Waals surface area contributed by atoms with Crippen LogP contribution in [-0.4, -0.2) is 35.4 Å². The van der Waals surface area contributed by atoms with Crippen molar-refractivity contribution in [2.75, 3.05) is 18.6 Å². The van der Waals surface area contributed by atoms with Gasteiger partial charge in [-0.2, -0.15) is 23.1 Å². The van der Waals surface area contributed by atoms with Crippen LogP contribution in [0, 0.1) is 0 Å². The molecule has 1 saturated heterocycles. The first-order valence-corrected chi connectivity index (χ1v) is 8.19. The van der Waals surface area contributed by atoms with Gasteiger partial charge in [0.05, 0.1) is 6.04 Å². The Balaban J connectivity index is 2.15. The van der Waals surface area contributed by atoms with Crippen LogP contribution in [0.1, 0.15) is 25.1 Å². The standard InChI is InChI=1S/C12H18N2OS2/c1-3-10-12(15)14(5-7-16-2)11(13-10)9-4-6-17-8-9/h4,6,8,10-11,13H,3,5,7H2,1-2H3. The van der Waals surface area contributed by atoms with Crippen LogP contribution in [0.2, 0.25) is 0 Å². The maximum Gasteiger partial charge on any atom is 0.241 e. The molecule has 0 aliphatic carbocycles.